The van der Waals surface area contributed by atoms with E-state index in [1.807, 2.05) is 0 Å². The number of benzene rings is 2. The molecule has 2 heterocycles. The summed E-state index contributed by atoms with van der Waals surface area (Å²) in [5, 5.41) is 9.47. The predicted molar refractivity (Wildman–Crippen MR) is 95.8 cm³/mol. The molecule has 2 N–H and O–H groups in total. The average molecular weight is 376 g/mol. The number of carbonyl (C=O) groups excluding carboxylic acids is 1. The lowest BCUT2D eigenvalue weighted by molar-refractivity contribution is 0.0734. The monoisotopic (exact) mass is 376 g/mol. The Morgan fingerprint density at radius 1 is 1.18 bits per heavy atom. The normalized spacial score (nSPS) is 15.4. The lowest BCUT2D eigenvalue weighted by Crippen LogP contribution is -2.21. The van der Waals surface area contributed by atoms with Gasteiger partial charge in [-0.2, -0.15) is 5.26 Å². The van der Waals surface area contributed by atoms with Gasteiger partial charge in [0.1, 0.15) is 34.7 Å². The van der Waals surface area contributed by atoms with Gasteiger partial charge in [0.25, 0.3) is 0 Å². The third-order valence-corrected chi connectivity index (χ3v) is 4.31. The standard InChI is InChI=1S/C21H13FN2O4/c22-13-5-3-12(4-6-13)21(25)27-14-7-8-15-18(10-14)28-20(24)16(11-23)19(15)17-2-1-9-26-17/h1-10,19H,24H2. The average Bonchev–Trinajstić information content (AvgIpc) is 3.21. The maximum Gasteiger partial charge on any atom is 0.343 e. The van der Waals surface area contributed by atoms with Gasteiger partial charge in [0, 0.05) is 11.6 Å². The molecule has 0 saturated heterocycles. The van der Waals surface area contributed by atoms with Crippen LogP contribution >= 0.6 is 0 Å². The number of hydrogen-bond acceptors (Lipinski definition) is 6. The van der Waals surface area contributed by atoms with E-state index in [1.54, 1.807) is 24.3 Å². The maximum absolute atomic E-state index is 13.0. The summed E-state index contributed by atoms with van der Waals surface area (Å²) >= 11 is 0. The van der Waals surface area contributed by atoms with Crippen LogP contribution in [0.25, 0.3) is 0 Å². The number of rotatable bonds is 3. The van der Waals surface area contributed by atoms with Crippen molar-refractivity contribution < 1.29 is 23.1 Å². The molecule has 0 fully saturated rings. The SMILES string of the molecule is N#CC1=C(N)Oc2cc(OC(=O)c3ccc(F)cc3)ccc2C1c1ccco1. The van der Waals surface area contributed by atoms with Gasteiger partial charge in [0.15, 0.2) is 0 Å². The molecule has 4 rings (SSSR count). The summed E-state index contributed by atoms with van der Waals surface area (Å²) in [6.07, 6.45) is 1.51. The van der Waals surface area contributed by atoms with Gasteiger partial charge in [-0.15, -0.1) is 0 Å². The molecule has 6 nitrogen and oxygen atoms in total. The molecule has 1 aliphatic rings. The van der Waals surface area contributed by atoms with Gasteiger partial charge < -0.3 is 19.6 Å². The first-order valence-electron chi connectivity index (χ1n) is 8.29. The van der Waals surface area contributed by atoms with Gasteiger partial charge in [-0.3, -0.25) is 0 Å². The number of carbonyl (C=O) groups is 1. The lowest BCUT2D eigenvalue weighted by atomic mass is 9.87. The van der Waals surface area contributed by atoms with Crippen LogP contribution < -0.4 is 15.2 Å². The molecule has 1 aromatic heterocycles. The Balaban J connectivity index is 1.66. The Morgan fingerprint density at radius 2 is 1.96 bits per heavy atom. The van der Waals surface area contributed by atoms with Gasteiger partial charge in [-0.1, -0.05) is 6.07 Å². The van der Waals surface area contributed by atoms with Crippen LogP contribution in [-0.2, 0) is 0 Å². The second kappa shape index (κ2) is 6.93. The van der Waals surface area contributed by atoms with Crippen molar-refractivity contribution >= 4 is 5.97 Å². The lowest BCUT2D eigenvalue weighted by Gasteiger charge is -2.25. The summed E-state index contributed by atoms with van der Waals surface area (Å²) in [6.45, 7) is 0. The van der Waals surface area contributed by atoms with Crippen molar-refractivity contribution in [2.45, 2.75) is 5.92 Å². The highest BCUT2D eigenvalue weighted by Crippen LogP contribution is 2.43. The van der Waals surface area contributed by atoms with E-state index in [4.69, 9.17) is 19.6 Å². The van der Waals surface area contributed by atoms with E-state index in [1.165, 1.54) is 36.6 Å². The van der Waals surface area contributed by atoms with E-state index in [9.17, 15) is 14.4 Å². The summed E-state index contributed by atoms with van der Waals surface area (Å²) in [7, 11) is 0. The number of fused-ring (bicyclic) bond motifs is 1. The van der Waals surface area contributed by atoms with Gasteiger partial charge in [-0.05, 0) is 42.5 Å². The maximum atomic E-state index is 13.0. The smallest absolute Gasteiger partial charge is 0.343 e. The number of allylic oxidation sites excluding steroid dienone is 1. The first kappa shape index (κ1) is 17.4. The van der Waals surface area contributed by atoms with Crippen LogP contribution in [0.2, 0.25) is 0 Å². The second-order valence-corrected chi connectivity index (χ2v) is 6.04. The van der Waals surface area contributed by atoms with Crippen LogP contribution in [0.4, 0.5) is 4.39 Å². The second-order valence-electron chi connectivity index (χ2n) is 6.04. The number of nitrogens with two attached hydrogens (primary N) is 1. The molecule has 0 radical (unpaired) electrons. The largest absolute Gasteiger partial charge is 0.468 e. The number of hydrogen-bond donors (Lipinski definition) is 1. The number of furan rings is 1. The molecule has 0 spiro atoms. The summed E-state index contributed by atoms with van der Waals surface area (Å²) in [4.78, 5) is 12.2. The predicted octanol–water partition coefficient (Wildman–Crippen LogP) is 3.86. The Bertz CT molecular complexity index is 1110. The number of nitriles is 1. The fraction of sp³-hybridized carbons (Fsp3) is 0.0476. The van der Waals surface area contributed by atoms with Crippen LogP contribution in [-0.4, -0.2) is 5.97 Å². The zero-order valence-corrected chi connectivity index (χ0v) is 14.4. The fourth-order valence-corrected chi connectivity index (χ4v) is 3.00. The minimum absolute atomic E-state index is 0.0431. The van der Waals surface area contributed by atoms with Crippen LogP contribution in [0.15, 0.2) is 76.7 Å². The van der Waals surface area contributed by atoms with Crippen molar-refractivity contribution in [1.82, 2.24) is 0 Å². The third-order valence-electron chi connectivity index (χ3n) is 4.31. The quantitative estimate of drug-likeness (QED) is 0.551. The van der Waals surface area contributed by atoms with Crippen LogP contribution in [0.3, 0.4) is 0 Å². The molecule has 1 unspecified atom stereocenters. The number of esters is 1. The molecule has 7 heteroatoms. The first-order valence-corrected chi connectivity index (χ1v) is 8.29. The molecule has 1 atom stereocenters. The van der Waals surface area contributed by atoms with Gasteiger partial charge in [0.05, 0.1) is 17.7 Å². The van der Waals surface area contributed by atoms with Gasteiger partial charge >= 0.3 is 5.97 Å². The number of halogens is 1. The summed E-state index contributed by atoms with van der Waals surface area (Å²) < 4.78 is 29.4. The van der Waals surface area contributed by atoms with Crippen LogP contribution in [0, 0.1) is 17.1 Å². The Hall–Kier alpha value is -4.05. The van der Waals surface area contributed by atoms with Gasteiger partial charge in [-0.25, -0.2) is 9.18 Å². The van der Waals surface area contributed by atoms with E-state index in [0.717, 1.165) is 0 Å². The Kier molecular flexibility index (Phi) is 4.30. The zero-order valence-electron chi connectivity index (χ0n) is 14.4. The highest BCUT2D eigenvalue weighted by Gasteiger charge is 2.32. The number of nitrogens with zero attached hydrogens (tertiary/aromatic N) is 1. The first-order chi connectivity index (χ1) is 13.6. The molecule has 2 aromatic carbocycles. The molecule has 0 saturated carbocycles. The molecule has 0 amide bonds. The van der Waals surface area contributed by atoms with Crippen molar-refractivity contribution in [3.8, 4) is 17.6 Å². The molecular formula is C21H13FN2O4. The van der Waals surface area contributed by atoms with E-state index in [0.29, 0.717) is 17.1 Å². The molecule has 1 aliphatic heterocycles. The van der Waals surface area contributed by atoms with Gasteiger partial charge in [0.2, 0.25) is 5.88 Å². The van der Waals surface area contributed by atoms with Crippen molar-refractivity contribution in [3.63, 3.8) is 0 Å². The highest BCUT2D eigenvalue weighted by molar-refractivity contribution is 5.91. The molecule has 0 bridgehead atoms. The van der Waals surface area contributed by atoms with Crippen LogP contribution in [0.1, 0.15) is 27.6 Å². The molecular weight excluding hydrogens is 363 g/mol. The summed E-state index contributed by atoms with van der Waals surface area (Å²) in [6, 6.07) is 15.3. The Labute approximate surface area is 159 Å². The van der Waals surface area contributed by atoms with Crippen LogP contribution in [0.5, 0.6) is 11.5 Å². The molecule has 28 heavy (non-hydrogen) atoms. The van der Waals surface area contributed by atoms with E-state index in [-0.39, 0.29) is 22.8 Å². The summed E-state index contributed by atoms with van der Waals surface area (Å²) in [5.41, 5.74) is 7.01. The summed E-state index contributed by atoms with van der Waals surface area (Å²) in [5.74, 6) is -0.538. The molecule has 3 aromatic rings. The van der Waals surface area contributed by atoms with E-state index in [2.05, 4.69) is 6.07 Å². The highest BCUT2D eigenvalue weighted by atomic mass is 19.1. The van der Waals surface area contributed by atoms with Crippen molar-refractivity contribution in [1.29, 1.82) is 5.26 Å². The minimum Gasteiger partial charge on any atom is -0.468 e. The topological polar surface area (TPSA) is 98.5 Å². The van der Waals surface area contributed by atoms with E-state index < -0.39 is 17.7 Å². The number of ether oxygens (including phenoxy) is 2. The molecule has 138 valence electrons. The fourth-order valence-electron chi connectivity index (χ4n) is 3.00. The Morgan fingerprint density at radius 3 is 2.64 bits per heavy atom. The van der Waals surface area contributed by atoms with E-state index >= 15 is 0 Å². The molecule has 0 aliphatic carbocycles. The van der Waals surface area contributed by atoms with Crippen molar-refractivity contribution in [3.05, 3.63) is 95.0 Å². The zero-order chi connectivity index (χ0) is 19.7. The van der Waals surface area contributed by atoms with Crippen molar-refractivity contribution in [2.75, 3.05) is 0 Å². The minimum atomic E-state index is -0.639. The van der Waals surface area contributed by atoms with Crippen molar-refractivity contribution in [2.24, 2.45) is 5.73 Å². The third kappa shape index (κ3) is 3.08.